The highest BCUT2D eigenvalue weighted by atomic mass is 32.1. The molecular weight excluding hydrogens is 296 g/mol. The largest absolute Gasteiger partial charge is 0.335 e. The zero-order valence-electron chi connectivity index (χ0n) is 13.0. The molecule has 2 heterocycles. The number of carbonyl (C=O) groups is 1. The van der Waals surface area contributed by atoms with Crippen LogP contribution >= 0.6 is 11.3 Å². The Morgan fingerprint density at radius 1 is 1.32 bits per heavy atom. The van der Waals surface area contributed by atoms with Crippen LogP contribution < -0.4 is 0 Å². The fourth-order valence-corrected chi connectivity index (χ4v) is 3.98. The van der Waals surface area contributed by atoms with Gasteiger partial charge in [0.2, 0.25) is 0 Å². The first-order chi connectivity index (χ1) is 10.7. The van der Waals surface area contributed by atoms with Gasteiger partial charge in [0.25, 0.3) is 5.91 Å². The Morgan fingerprint density at radius 2 is 2.00 bits per heavy atom. The summed E-state index contributed by atoms with van der Waals surface area (Å²) >= 11 is 1.40. The zero-order chi connectivity index (χ0) is 15.5. The molecule has 0 bridgehead atoms. The Morgan fingerprint density at radius 3 is 2.64 bits per heavy atom. The van der Waals surface area contributed by atoms with Crippen molar-refractivity contribution in [2.45, 2.75) is 45.6 Å². The molecule has 2 aromatic rings. The van der Waals surface area contributed by atoms with Crippen LogP contribution in [0.1, 0.15) is 48.0 Å². The lowest BCUT2D eigenvalue weighted by molar-refractivity contribution is 0.0697. The minimum atomic E-state index is 0.103. The molecule has 1 amide bonds. The van der Waals surface area contributed by atoms with E-state index >= 15 is 0 Å². The van der Waals surface area contributed by atoms with Gasteiger partial charge in [0.1, 0.15) is 4.88 Å². The van der Waals surface area contributed by atoms with Crippen molar-refractivity contribution >= 4 is 17.2 Å². The van der Waals surface area contributed by atoms with E-state index in [1.165, 1.54) is 24.2 Å². The molecule has 1 aliphatic rings. The van der Waals surface area contributed by atoms with Crippen LogP contribution in [0.2, 0.25) is 0 Å². The number of carbonyl (C=O) groups excluding carboxylic acids is 1. The van der Waals surface area contributed by atoms with E-state index < -0.39 is 0 Å². The molecule has 0 atom stereocenters. The maximum atomic E-state index is 12.9. The summed E-state index contributed by atoms with van der Waals surface area (Å²) in [5.41, 5.74) is 0.772. The summed E-state index contributed by atoms with van der Waals surface area (Å²) < 4.78 is 0. The molecule has 5 nitrogen and oxygen atoms in total. The highest BCUT2D eigenvalue weighted by molar-refractivity contribution is 7.17. The molecular formula is C16H20N4OS. The number of rotatable bonds is 4. The van der Waals surface area contributed by atoms with Gasteiger partial charge in [-0.2, -0.15) is 0 Å². The minimum absolute atomic E-state index is 0.103. The number of hydrogen-bond acceptors (Lipinski definition) is 5. The lowest BCUT2D eigenvalue weighted by Gasteiger charge is -2.27. The first kappa shape index (κ1) is 15.1. The van der Waals surface area contributed by atoms with Crippen molar-refractivity contribution in [3.8, 4) is 10.8 Å². The van der Waals surface area contributed by atoms with Crippen molar-refractivity contribution in [2.24, 2.45) is 0 Å². The van der Waals surface area contributed by atoms with Gasteiger partial charge in [0, 0.05) is 25.0 Å². The van der Waals surface area contributed by atoms with Crippen molar-refractivity contribution < 1.29 is 4.79 Å². The molecule has 0 aromatic carbocycles. The fourth-order valence-electron chi connectivity index (χ4n) is 3.01. The Hall–Kier alpha value is -1.82. The summed E-state index contributed by atoms with van der Waals surface area (Å²) in [5.74, 6) is 0.685. The maximum Gasteiger partial charge on any atom is 0.266 e. The Kier molecular flexibility index (Phi) is 4.47. The van der Waals surface area contributed by atoms with Crippen LogP contribution in [0.25, 0.3) is 10.8 Å². The van der Waals surface area contributed by atoms with E-state index in [2.05, 4.69) is 15.0 Å². The second-order valence-electron chi connectivity index (χ2n) is 5.54. The number of nitrogens with zero attached hydrogens (tertiary/aromatic N) is 4. The average molecular weight is 316 g/mol. The predicted octanol–water partition coefficient (Wildman–Crippen LogP) is 3.31. The van der Waals surface area contributed by atoms with E-state index in [0.717, 1.165) is 30.0 Å². The number of amides is 1. The van der Waals surface area contributed by atoms with Gasteiger partial charge < -0.3 is 4.90 Å². The monoisotopic (exact) mass is 316 g/mol. The lowest BCUT2D eigenvalue weighted by atomic mass is 10.2. The Bertz CT molecular complexity index is 649. The topological polar surface area (TPSA) is 59.0 Å². The molecule has 1 saturated carbocycles. The third kappa shape index (κ3) is 2.88. The molecule has 22 heavy (non-hydrogen) atoms. The number of thiazole rings is 1. The highest BCUT2D eigenvalue weighted by Gasteiger charge is 2.28. The zero-order valence-corrected chi connectivity index (χ0v) is 13.8. The summed E-state index contributed by atoms with van der Waals surface area (Å²) in [5, 5.41) is 0.712. The van der Waals surface area contributed by atoms with Crippen LogP contribution in [0.3, 0.4) is 0 Å². The highest BCUT2D eigenvalue weighted by Crippen LogP contribution is 2.29. The normalized spacial score (nSPS) is 15.2. The molecule has 0 aliphatic heterocycles. The van der Waals surface area contributed by atoms with E-state index in [4.69, 9.17) is 0 Å². The molecule has 0 radical (unpaired) electrons. The molecule has 1 fully saturated rings. The summed E-state index contributed by atoms with van der Waals surface area (Å²) in [6, 6.07) is 2.16. The molecule has 0 N–H and O–H groups in total. The second kappa shape index (κ2) is 6.52. The summed E-state index contributed by atoms with van der Waals surface area (Å²) in [6.07, 6.45) is 8.06. The van der Waals surface area contributed by atoms with Crippen molar-refractivity contribution in [1.29, 1.82) is 0 Å². The summed E-state index contributed by atoms with van der Waals surface area (Å²) in [7, 11) is 0. The number of aryl methyl sites for hydroxylation is 1. The standard InChI is InChI=1S/C16H20N4OS/c1-3-20(12-7-4-5-8-12)16(21)13-11(2)19-15(22-13)14-17-9-6-10-18-14/h6,9-10,12H,3-5,7-8H2,1-2H3. The van der Waals surface area contributed by atoms with Crippen LogP contribution in [0, 0.1) is 6.92 Å². The molecule has 116 valence electrons. The van der Waals surface area contributed by atoms with Gasteiger partial charge in [-0.25, -0.2) is 15.0 Å². The third-order valence-corrected chi connectivity index (χ3v) is 5.26. The molecule has 0 saturated heterocycles. The van der Waals surface area contributed by atoms with Gasteiger partial charge in [-0.15, -0.1) is 11.3 Å². The second-order valence-corrected chi connectivity index (χ2v) is 6.53. The van der Waals surface area contributed by atoms with Crippen molar-refractivity contribution in [2.75, 3.05) is 6.54 Å². The van der Waals surface area contributed by atoms with E-state index in [-0.39, 0.29) is 5.91 Å². The molecule has 3 rings (SSSR count). The SMILES string of the molecule is CCN(C(=O)c1sc(-c2ncccn2)nc1C)C1CCCC1. The smallest absolute Gasteiger partial charge is 0.266 e. The van der Waals surface area contributed by atoms with Crippen LogP contribution in [0.15, 0.2) is 18.5 Å². The van der Waals surface area contributed by atoms with Crippen LogP contribution in [-0.4, -0.2) is 38.3 Å². The summed E-state index contributed by atoms with van der Waals surface area (Å²) in [6.45, 7) is 4.68. The van der Waals surface area contributed by atoms with E-state index in [1.807, 2.05) is 18.7 Å². The Labute approximate surface area is 134 Å². The lowest BCUT2D eigenvalue weighted by Crippen LogP contribution is -2.38. The van der Waals surface area contributed by atoms with Crippen LogP contribution in [0.5, 0.6) is 0 Å². The molecule has 6 heteroatoms. The third-order valence-electron chi connectivity index (χ3n) is 4.11. The summed E-state index contributed by atoms with van der Waals surface area (Å²) in [4.78, 5) is 28.5. The van der Waals surface area contributed by atoms with Gasteiger partial charge in [-0.05, 0) is 32.8 Å². The first-order valence-corrected chi connectivity index (χ1v) is 8.58. The first-order valence-electron chi connectivity index (χ1n) is 7.76. The Balaban J connectivity index is 1.87. The minimum Gasteiger partial charge on any atom is -0.335 e. The van der Waals surface area contributed by atoms with Gasteiger partial charge in [0.15, 0.2) is 10.8 Å². The fraction of sp³-hybridized carbons (Fsp3) is 0.500. The van der Waals surface area contributed by atoms with Crippen LogP contribution in [-0.2, 0) is 0 Å². The average Bonchev–Trinajstić information content (AvgIpc) is 3.19. The van der Waals surface area contributed by atoms with Crippen molar-refractivity contribution in [1.82, 2.24) is 19.9 Å². The van der Waals surface area contributed by atoms with Gasteiger partial charge in [-0.1, -0.05) is 12.8 Å². The van der Waals surface area contributed by atoms with Gasteiger partial charge in [0.05, 0.1) is 5.69 Å². The van der Waals surface area contributed by atoms with E-state index in [0.29, 0.717) is 16.9 Å². The molecule has 2 aromatic heterocycles. The molecule has 1 aliphatic carbocycles. The number of aromatic nitrogens is 3. The van der Waals surface area contributed by atoms with E-state index in [1.54, 1.807) is 18.5 Å². The van der Waals surface area contributed by atoms with Gasteiger partial charge >= 0.3 is 0 Å². The predicted molar refractivity (Wildman–Crippen MR) is 86.8 cm³/mol. The number of hydrogen-bond donors (Lipinski definition) is 0. The van der Waals surface area contributed by atoms with Crippen LogP contribution in [0.4, 0.5) is 0 Å². The quantitative estimate of drug-likeness (QED) is 0.868. The molecule has 0 unspecified atom stereocenters. The van der Waals surface area contributed by atoms with Crippen molar-refractivity contribution in [3.63, 3.8) is 0 Å². The van der Waals surface area contributed by atoms with Gasteiger partial charge in [-0.3, -0.25) is 4.79 Å². The van der Waals surface area contributed by atoms with Crippen molar-refractivity contribution in [3.05, 3.63) is 29.0 Å². The van der Waals surface area contributed by atoms with E-state index in [9.17, 15) is 4.79 Å². The maximum absolute atomic E-state index is 12.9. The molecule has 0 spiro atoms.